The highest BCUT2D eigenvalue weighted by atomic mass is 19.1. The van der Waals surface area contributed by atoms with Crippen LogP contribution in [0.2, 0.25) is 0 Å². The fourth-order valence-electron chi connectivity index (χ4n) is 3.36. The lowest BCUT2D eigenvalue weighted by Crippen LogP contribution is -2.27. The van der Waals surface area contributed by atoms with Crippen molar-refractivity contribution >= 4 is 28.3 Å². The van der Waals surface area contributed by atoms with E-state index in [1.165, 1.54) is 6.20 Å². The third-order valence-electron chi connectivity index (χ3n) is 5.14. The van der Waals surface area contributed by atoms with Crippen molar-refractivity contribution in [2.24, 2.45) is 10.7 Å². The highest BCUT2D eigenvalue weighted by molar-refractivity contribution is 6.11. The number of rotatable bonds is 6. The summed E-state index contributed by atoms with van der Waals surface area (Å²) in [5, 5.41) is 3.62. The van der Waals surface area contributed by atoms with Crippen LogP contribution in [0.1, 0.15) is 48.2 Å². The molecular formula is C21H25FN7O+. The number of aromatic amines is 2. The van der Waals surface area contributed by atoms with Gasteiger partial charge < -0.3 is 16.0 Å². The molecule has 3 heterocycles. The van der Waals surface area contributed by atoms with Crippen molar-refractivity contribution in [1.82, 2.24) is 19.9 Å². The van der Waals surface area contributed by atoms with Gasteiger partial charge in [0.15, 0.2) is 5.82 Å². The first-order valence-corrected chi connectivity index (χ1v) is 9.85. The fraction of sp³-hybridized carbons (Fsp3) is 0.333. The van der Waals surface area contributed by atoms with E-state index in [0.29, 0.717) is 23.7 Å². The van der Waals surface area contributed by atoms with Crippen LogP contribution in [0.15, 0.2) is 41.8 Å². The van der Waals surface area contributed by atoms with Gasteiger partial charge in [-0.05, 0) is 32.1 Å². The van der Waals surface area contributed by atoms with Crippen molar-refractivity contribution in [3.8, 4) is 0 Å². The summed E-state index contributed by atoms with van der Waals surface area (Å²) in [7, 11) is 1.63. The van der Waals surface area contributed by atoms with Crippen LogP contribution in [-0.4, -0.2) is 45.4 Å². The summed E-state index contributed by atoms with van der Waals surface area (Å²) < 4.78 is 15.1. The Bertz CT molecular complexity index is 1160. The van der Waals surface area contributed by atoms with E-state index in [9.17, 15) is 9.18 Å². The Morgan fingerprint density at radius 1 is 1.53 bits per heavy atom. The lowest BCUT2D eigenvalue weighted by molar-refractivity contribution is -0.349. The molecule has 2 atom stereocenters. The number of pyridine rings is 1. The van der Waals surface area contributed by atoms with Gasteiger partial charge >= 0.3 is 0 Å². The molecule has 1 saturated carbocycles. The Hall–Kier alpha value is -3.49. The van der Waals surface area contributed by atoms with Crippen molar-refractivity contribution in [3.05, 3.63) is 53.9 Å². The average Bonchev–Trinajstić information content (AvgIpc) is 3.14. The molecule has 0 radical (unpaired) electrons. The lowest BCUT2D eigenvalue weighted by atomic mass is 10.1. The summed E-state index contributed by atoms with van der Waals surface area (Å²) in [6, 6.07) is 3.79. The zero-order valence-electron chi connectivity index (χ0n) is 17.1. The van der Waals surface area contributed by atoms with Crippen LogP contribution >= 0.6 is 0 Å². The van der Waals surface area contributed by atoms with E-state index in [4.69, 9.17) is 5.73 Å². The van der Waals surface area contributed by atoms with E-state index in [0.717, 1.165) is 16.6 Å². The normalized spacial score (nSPS) is 19.5. The molecule has 1 aliphatic carbocycles. The number of nitrogens with zero attached hydrogens (tertiary/aromatic N) is 3. The predicted octanol–water partition coefficient (Wildman–Crippen LogP) is 2.02. The van der Waals surface area contributed by atoms with Crippen molar-refractivity contribution in [3.63, 3.8) is 0 Å². The van der Waals surface area contributed by atoms with Crippen molar-refractivity contribution in [1.29, 1.82) is 0 Å². The minimum atomic E-state index is -0.961. The first-order valence-electron chi connectivity index (χ1n) is 9.85. The molecule has 3 aromatic rings. The van der Waals surface area contributed by atoms with Crippen molar-refractivity contribution in [2.75, 3.05) is 7.05 Å². The zero-order chi connectivity index (χ0) is 21.4. The highest BCUT2D eigenvalue weighted by Crippen LogP contribution is 2.26. The molecule has 0 aliphatic heterocycles. The number of amides is 1. The van der Waals surface area contributed by atoms with Crippen LogP contribution in [-0.2, 0) is 0 Å². The number of alkyl halides is 1. The molecule has 1 fully saturated rings. The second-order valence-electron chi connectivity index (χ2n) is 7.66. The Labute approximate surface area is 173 Å². The van der Waals surface area contributed by atoms with E-state index in [2.05, 4.69) is 43.7 Å². The maximum atomic E-state index is 13.0. The topological polar surface area (TPSA) is 115 Å². The van der Waals surface area contributed by atoms with Crippen molar-refractivity contribution < 1.29 is 14.2 Å². The largest absolute Gasteiger partial charge is 0.398 e. The van der Waals surface area contributed by atoms with Crippen LogP contribution in [0.4, 0.5) is 4.39 Å². The van der Waals surface area contributed by atoms with Gasteiger partial charge in [0, 0.05) is 19.2 Å². The summed E-state index contributed by atoms with van der Waals surface area (Å²) in [6.45, 7) is 4.20. The molecule has 1 amide bonds. The Kier molecular flexibility index (Phi) is 5.11. The van der Waals surface area contributed by atoms with Crippen LogP contribution in [0.25, 0.3) is 16.7 Å². The predicted molar refractivity (Wildman–Crippen MR) is 113 cm³/mol. The number of halogens is 1. The SMILES string of the molecule is CN=C(C=C(N)c1cn(C(C)C)c2[nH+]cccc12)c1ncc(C(=O)NC2C[C@@H]2F)[nH]1. The number of allylic oxidation sites excluding steroid dienone is 1. The maximum Gasteiger partial charge on any atom is 0.287 e. The second-order valence-corrected chi connectivity index (χ2v) is 7.66. The highest BCUT2D eigenvalue weighted by Gasteiger charge is 2.39. The third-order valence-corrected chi connectivity index (χ3v) is 5.14. The Balaban J connectivity index is 1.62. The first kappa shape index (κ1) is 19.8. The summed E-state index contributed by atoms with van der Waals surface area (Å²) in [5.74, 6) is 0.0270. The smallest absolute Gasteiger partial charge is 0.287 e. The molecule has 3 aromatic heterocycles. The van der Waals surface area contributed by atoms with E-state index in [-0.39, 0.29) is 17.6 Å². The summed E-state index contributed by atoms with van der Waals surface area (Å²) in [5.41, 5.74) is 9.58. The van der Waals surface area contributed by atoms with E-state index < -0.39 is 12.2 Å². The minimum absolute atomic E-state index is 0.253. The van der Waals surface area contributed by atoms with Gasteiger partial charge in [-0.2, -0.15) is 0 Å². The molecule has 1 aliphatic rings. The van der Waals surface area contributed by atoms with E-state index in [1.54, 1.807) is 13.1 Å². The Morgan fingerprint density at radius 3 is 2.97 bits per heavy atom. The quantitative estimate of drug-likeness (QED) is 0.540. The lowest BCUT2D eigenvalue weighted by Gasteiger charge is -2.02. The molecule has 0 bridgehead atoms. The number of aromatic nitrogens is 4. The molecule has 156 valence electrons. The van der Waals surface area contributed by atoms with Gasteiger partial charge in [0.1, 0.15) is 23.8 Å². The number of carbonyl (C=O) groups excluding carboxylic acids is 1. The number of H-pyrrole nitrogens is 2. The minimum Gasteiger partial charge on any atom is -0.398 e. The number of hydrogen-bond acceptors (Lipinski definition) is 4. The van der Waals surface area contributed by atoms with Crippen LogP contribution in [0, 0.1) is 0 Å². The number of aliphatic imine (C=N–C) groups is 1. The van der Waals surface area contributed by atoms with Gasteiger partial charge in [-0.1, -0.05) is 0 Å². The molecule has 1 unspecified atom stereocenters. The van der Waals surface area contributed by atoms with Crippen molar-refractivity contribution in [2.45, 2.75) is 38.5 Å². The second kappa shape index (κ2) is 7.74. The zero-order valence-corrected chi connectivity index (χ0v) is 17.1. The molecule has 0 saturated heterocycles. The Morgan fingerprint density at radius 2 is 2.30 bits per heavy atom. The molecule has 5 N–H and O–H groups in total. The summed E-state index contributed by atoms with van der Waals surface area (Å²) in [4.78, 5) is 26.9. The summed E-state index contributed by atoms with van der Waals surface area (Å²) >= 11 is 0. The van der Waals surface area contributed by atoms with Crippen LogP contribution < -0.4 is 16.0 Å². The number of imidazole rings is 1. The number of hydrogen-bond donors (Lipinski definition) is 3. The number of nitrogens with two attached hydrogens (primary N) is 1. The standard InChI is InChI=1S/C21H24FN7O/c1-11(2)29-10-13(12-5-4-6-25-20(12)29)15(23)8-17(24-3)19-26-9-18(27-19)21(30)28-16-7-14(16)22/h4-6,8-11,14,16H,7,23H2,1-3H3,(H,26,27)(H,28,30)/p+1/t14-,16?/m0/s1. The van der Waals surface area contributed by atoms with E-state index in [1.807, 2.05) is 24.5 Å². The third kappa shape index (κ3) is 3.70. The van der Waals surface area contributed by atoms with Gasteiger partial charge in [-0.25, -0.2) is 18.9 Å². The number of nitrogens with one attached hydrogen (secondary N) is 3. The van der Waals surface area contributed by atoms with Crippen LogP contribution in [0.3, 0.4) is 0 Å². The number of fused-ring (bicyclic) bond motifs is 1. The fourth-order valence-corrected chi connectivity index (χ4v) is 3.36. The monoisotopic (exact) mass is 410 g/mol. The van der Waals surface area contributed by atoms with Crippen LogP contribution in [0.5, 0.6) is 0 Å². The maximum absolute atomic E-state index is 13.0. The molecule has 4 rings (SSSR count). The molecule has 9 heteroatoms. The molecule has 0 aromatic carbocycles. The molecule has 30 heavy (non-hydrogen) atoms. The molecule has 0 spiro atoms. The first-order chi connectivity index (χ1) is 14.4. The molecular weight excluding hydrogens is 385 g/mol. The van der Waals surface area contributed by atoms with E-state index >= 15 is 0 Å². The van der Waals surface area contributed by atoms with Gasteiger partial charge in [-0.15, -0.1) is 0 Å². The van der Waals surface area contributed by atoms with Gasteiger partial charge in [0.2, 0.25) is 0 Å². The number of carbonyl (C=O) groups is 1. The van der Waals surface area contributed by atoms with Gasteiger partial charge in [0.25, 0.3) is 11.6 Å². The average molecular weight is 410 g/mol. The van der Waals surface area contributed by atoms with Gasteiger partial charge in [-0.3, -0.25) is 9.79 Å². The van der Waals surface area contributed by atoms with Gasteiger partial charge in [0.05, 0.1) is 35.4 Å². The summed E-state index contributed by atoms with van der Waals surface area (Å²) in [6.07, 6.45) is 6.42. The molecule has 8 nitrogen and oxygen atoms in total.